The third-order valence-corrected chi connectivity index (χ3v) is 6.82. The van der Waals surface area contributed by atoms with Crippen LogP contribution in [-0.4, -0.2) is 71.0 Å². The minimum Gasteiger partial charge on any atom is -0.503 e. The maximum atomic E-state index is 13.4. The highest BCUT2D eigenvalue weighted by Gasteiger charge is 2.44. The predicted molar refractivity (Wildman–Crippen MR) is 118 cm³/mol. The van der Waals surface area contributed by atoms with Crippen LogP contribution >= 0.6 is 11.3 Å². The molecule has 1 saturated heterocycles. The number of Topliss-reactive ketones (excluding diaryl/α,β-unsaturated/α-hetero) is 1. The molecule has 1 atom stereocenters. The first-order chi connectivity index (χ1) is 15.0. The number of thiazole rings is 1. The number of hydrogen-bond donors (Lipinski definition) is 1. The Bertz CT molecular complexity index is 996. The molecule has 0 aliphatic carbocycles. The Morgan fingerprint density at radius 2 is 1.90 bits per heavy atom. The van der Waals surface area contributed by atoms with Crippen LogP contribution in [-0.2, 0) is 9.53 Å². The number of carbonyl (C=O) groups is 2. The van der Waals surface area contributed by atoms with Gasteiger partial charge in [0.05, 0.1) is 40.4 Å². The van der Waals surface area contributed by atoms with Gasteiger partial charge in [-0.2, -0.15) is 0 Å². The molecule has 1 aromatic carbocycles. The van der Waals surface area contributed by atoms with Crippen LogP contribution in [0, 0.1) is 13.8 Å². The SMILES string of the molecule is Cc1nc(C)c(C(=O)C2=C(O)C(=O)N(CCCN3CCOCC3)[C@@H]2c2ccccc2)s1. The summed E-state index contributed by atoms with van der Waals surface area (Å²) < 4.78 is 5.39. The summed E-state index contributed by atoms with van der Waals surface area (Å²) in [6, 6.07) is 8.84. The molecule has 0 saturated carbocycles. The van der Waals surface area contributed by atoms with Crippen molar-refractivity contribution in [2.24, 2.45) is 0 Å². The van der Waals surface area contributed by atoms with Gasteiger partial charge in [-0.05, 0) is 25.8 Å². The molecule has 0 radical (unpaired) electrons. The predicted octanol–water partition coefficient (Wildman–Crippen LogP) is 3.06. The summed E-state index contributed by atoms with van der Waals surface area (Å²) in [6.07, 6.45) is 0.752. The zero-order valence-electron chi connectivity index (χ0n) is 17.8. The molecular formula is C23H27N3O4S. The molecule has 164 valence electrons. The molecule has 8 heteroatoms. The van der Waals surface area contributed by atoms with E-state index in [1.807, 2.05) is 37.3 Å². The van der Waals surface area contributed by atoms with Gasteiger partial charge in [0.15, 0.2) is 5.76 Å². The van der Waals surface area contributed by atoms with E-state index in [1.165, 1.54) is 11.3 Å². The number of hydrogen-bond acceptors (Lipinski definition) is 7. The van der Waals surface area contributed by atoms with Crippen molar-refractivity contribution in [1.29, 1.82) is 0 Å². The molecule has 0 unspecified atom stereocenters. The summed E-state index contributed by atoms with van der Waals surface area (Å²) in [5.74, 6) is -1.26. The van der Waals surface area contributed by atoms with Crippen molar-refractivity contribution >= 4 is 23.0 Å². The van der Waals surface area contributed by atoms with E-state index in [-0.39, 0.29) is 11.4 Å². The second-order valence-electron chi connectivity index (χ2n) is 7.86. The Morgan fingerprint density at radius 3 is 2.55 bits per heavy atom. The average molecular weight is 442 g/mol. The van der Waals surface area contributed by atoms with Gasteiger partial charge in [-0.3, -0.25) is 14.5 Å². The van der Waals surface area contributed by atoms with Gasteiger partial charge in [0.2, 0.25) is 5.78 Å². The van der Waals surface area contributed by atoms with Gasteiger partial charge in [-0.15, -0.1) is 11.3 Å². The van der Waals surface area contributed by atoms with Crippen LogP contribution < -0.4 is 0 Å². The van der Waals surface area contributed by atoms with E-state index in [4.69, 9.17) is 4.74 Å². The number of aromatic nitrogens is 1. The molecule has 1 fully saturated rings. The number of aryl methyl sites for hydroxylation is 2. The highest BCUT2D eigenvalue weighted by atomic mass is 32.1. The van der Waals surface area contributed by atoms with Gasteiger partial charge in [0.1, 0.15) is 0 Å². The van der Waals surface area contributed by atoms with E-state index in [0.29, 0.717) is 17.1 Å². The minimum absolute atomic E-state index is 0.148. The first-order valence-corrected chi connectivity index (χ1v) is 11.4. The normalized spacial score (nSPS) is 20.0. The first kappa shape index (κ1) is 21.7. The van der Waals surface area contributed by atoms with Crippen LogP contribution in [0.2, 0.25) is 0 Å². The van der Waals surface area contributed by atoms with E-state index < -0.39 is 17.7 Å². The quantitative estimate of drug-likeness (QED) is 0.665. The van der Waals surface area contributed by atoms with E-state index >= 15 is 0 Å². The summed E-state index contributed by atoms with van der Waals surface area (Å²) in [6.45, 7) is 8.13. The molecule has 2 aliphatic heterocycles. The largest absolute Gasteiger partial charge is 0.503 e. The Morgan fingerprint density at radius 1 is 1.19 bits per heavy atom. The lowest BCUT2D eigenvalue weighted by molar-refractivity contribution is -0.129. The van der Waals surface area contributed by atoms with Crippen LogP contribution in [0.5, 0.6) is 0 Å². The lowest BCUT2D eigenvalue weighted by atomic mass is 9.95. The third-order valence-electron chi connectivity index (χ3n) is 5.75. The number of aliphatic hydroxyl groups excluding tert-OH is 1. The Labute approximate surface area is 186 Å². The fourth-order valence-electron chi connectivity index (χ4n) is 4.25. The summed E-state index contributed by atoms with van der Waals surface area (Å²) in [5, 5.41) is 11.5. The van der Waals surface area contributed by atoms with Crippen LogP contribution in [0.25, 0.3) is 0 Å². The van der Waals surface area contributed by atoms with Crippen LogP contribution in [0.15, 0.2) is 41.7 Å². The molecule has 31 heavy (non-hydrogen) atoms. The number of ketones is 1. The van der Waals surface area contributed by atoms with E-state index in [0.717, 1.165) is 49.8 Å². The van der Waals surface area contributed by atoms with Crippen molar-refractivity contribution < 1.29 is 19.4 Å². The summed E-state index contributed by atoms with van der Waals surface area (Å²) >= 11 is 1.29. The van der Waals surface area contributed by atoms with Crippen LogP contribution in [0.1, 0.15) is 38.4 Å². The summed E-state index contributed by atoms with van der Waals surface area (Å²) in [4.78, 5) is 35.2. The first-order valence-electron chi connectivity index (χ1n) is 10.5. The highest BCUT2D eigenvalue weighted by molar-refractivity contribution is 7.14. The van der Waals surface area contributed by atoms with E-state index in [9.17, 15) is 14.7 Å². The van der Waals surface area contributed by atoms with Crippen molar-refractivity contribution in [3.05, 3.63) is 62.8 Å². The lowest BCUT2D eigenvalue weighted by Crippen LogP contribution is -2.39. The molecule has 0 spiro atoms. The zero-order chi connectivity index (χ0) is 22.0. The number of carbonyl (C=O) groups excluding carboxylic acids is 2. The highest BCUT2D eigenvalue weighted by Crippen LogP contribution is 2.40. The number of aliphatic hydroxyl groups is 1. The number of nitrogens with zero attached hydrogens (tertiary/aromatic N) is 3. The van der Waals surface area contributed by atoms with Gasteiger partial charge in [-0.25, -0.2) is 4.98 Å². The lowest BCUT2D eigenvalue weighted by Gasteiger charge is -2.30. The number of rotatable bonds is 7. The van der Waals surface area contributed by atoms with Gasteiger partial charge in [0.25, 0.3) is 5.91 Å². The molecule has 1 amide bonds. The van der Waals surface area contributed by atoms with E-state index in [1.54, 1.807) is 11.8 Å². The fourth-order valence-corrected chi connectivity index (χ4v) is 5.13. The molecule has 1 N–H and O–H groups in total. The Balaban J connectivity index is 1.61. The molecule has 4 rings (SSSR count). The number of morpholine rings is 1. The molecule has 0 bridgehead atoms. The van der Waals surface area contributed by atoms with Gasteiger partial charge < -0.3 is 14.7 Å². The smallest absolute Gasteiger partial charge is 0.290 e. The Kier molecular flexibility index (Phi) is 6.50. The number of amides is 1. The van der Waals surface area contributed by atoms with Crippen molar-refractivity contribution in [3.8, 4) is 0 Å². The standard InChI is InChI=1S/C23H27N3O4S/c1-15-22(31-16(2)24-15)20(27)18-19(17-7-4-3-5-8-17)26(23(29)21(18)28)10-6-9-25-11-13-30-14-12-25/h3-5,7-8,19,28H,6,9-14H2,1-2H3/t19-/m1/s1. The van der Waals surface area contributed by atoms with Crippen molar-refractivity contribution in [1.82, 2.24) is 14.8 Å². The third kappa shape index (κ3) is 4.42. The van der Waals surface area contributed by atoms with Crippen LogP contribution in [0.3, 0.4) is 0 Å². The molecule has 7 nitrogen and oxygen atoms in total. The summed E-state index contributed by atoms with van der Waals surface area (Å²) in [7, 11) is 0. The maximum Gasteiger partial charge on any atom is 0.290 e. The van der Waals surface area contributed by atoms with E-state index in [2.05, 4.69) is 9.88 Å². The maximum absolute atomic E-state index is 13.4. The second kappa shape index (κ2) is 9.30. The summed E-state index contributed by atoms with van der Waals surface area (Å²) in [5.41, 5.74) is 1.58. The van der Waals surface area contributed by atoms with Gasteiger partial charge in [-0.1, -0.05) is 30.3 Å². The number of benzene rings is 1. The second-order valence-corrected chi connectivity index (χ2v) is 9.06. The average Bonchev–Trinajstić information content (AvgIpc) is 3.25. The minimum atomic E-state index is -0.604. The molecule has 2 aliphatic rings. The zero-order valence-corrected chi connectivity index (χ0v) is 18.7. The molecule has 1 aromatic heterocycles. The van der Waals surface area contributed by atoms with Crippen molar-refractivity contribution in [2.45, 2.75) is 26.3 Å². The molecular weight excluding hydrogens is 414 g/mol. The number of ether oxygens (including phenoxy) is 1. The van der Waals surface area contributed by atoms with Crippen molar-refractivity contribution in [3.63, 3.8) is 0 Å². The molecule has 3 heterocycles. The topological polar surface area (TPSA) is 83.0 Å². The Hall–Kier alpha value is -2.55. The van der Waals surface area contributed by atoms with Crippen molar-refractivity contribution in [2.75, 3.05) is 39.4 Å². The molecule has 2 aromatic rings. The van der Waals surface area contributed by atoms with Crippen LogP contribution in [0.4, 0.5) is 0 Å². The monoisotopic (exact) mass is 441 g/mol. The van der Waals surface area contributed by atoms with Gasteiger partial charge in [0, 0.05) is 26.2 Å². The fraction of sp³-hybridized carbons (Fsp3) is 0.435. The van der Waals surface area contributed by atoms with Gasteiger partial charge >= 0.3 is 0 Å².